The zero-order valence-corrected chi connectivity index (χ0v) is 9.49. The van der Waals surface area contributed by atoms with Crippen LogP contribution >= 0.6 is 11.6 Å². The Bertz CT molecular complexity index is 491. The molecule has 3 nitrogen and oxygen atoms in total. The van der Waals surface area contributed by atoms with E-state index in [1.165, 1.54) is 0 Å². The van der Waals surface area contributed by atoms with Crippen LogP contribution < -0.4 is 0 Å². The fourth-order valence-corrected chi connectivity index (χ4v) is 1.99. The number of hydrogen-bond donors (Lipinski definition) is 1. The van der Waals surface area contributed by atoms with Crippen molar-refractivity contribution in [2.45, 2.75) is 26.4 Å². The van der Waals surface area contributed by atoms with E-state index in [4.69, 9.17) is 11.6 Å². The van der Waals surface area contributed by atoms with Crippen LogP contribution in [0.15, 0.2) is 18.2 Å². The number of imidazole rings is 1. The number of aliphatic hydroxyl groups is 1. The smallest absolute Gasteiger partial charge is 0.155 e. The van der Waals surface area contributed by atoms with Crippen LogP contribution in [0.4, 0.5) is 0 Å². The van der Waals surface area contributed by atoms with Gasteiger partial charge in [0.1, 0.15) is 5.82 Å². The molecule has 0 spiro atoms. The molecule has 1 unspecified atom stereocenters. The molecule has 2 rings (SSSR count). The largest absolute Gasteiger partial charge is 0.393 e. The van der Waals surface area contributed by atoms with Crippen LogP contribution in [0.25, 0.3) is 5.52 Å². The predicted molar refractivity (Wildman–Crippen MR) is 60.3 cm³/mol. The third-order valence-corrected chi connectivity index (χ3v) is 2.64. The summed E-state index contributed by atoms with van der Waals surface area (Å²) in [5.41, 5.74) is 1.97. The van der Waals surface area contributed by atoms with Gasteiger partial charge >= 0.3 is 0 Å². The number of halogens is 1. The summed E-state index contributed by atoms with van der Waals surface area (Å²) in [4.78, 5) is 4.26. The van der Waals surface area contributed by atoms with Crippen LogP contribution in [0.5, 0.6) is 0 Å². The number of aliphatic hydroxyl groups excluding tert-OH is 1. The van der Waals surface area contributed by atoms with Gasteiger partial charge in [-0.15, -0.1) is 0 Å². The molecule has 1 N–H and O–H groups in total. The SMILES string of the molecule is Cc1cccc2c(Cl)nc(CC(C)O)n12. The van der Waals surface area contributed by atoms with E-state index in [0.29, 0.717) is 11.6 Å². The molecular formula is C11H13ClN2O. The number of pyridine rings is 1. The Balaban J connectivity index is 2.65. The molecule has 0 fully saturated rings. The summed E-state index contributed by atoms with van der Waals surface area (Å²) in [6, 6.07) is 5.87. The summed E-state index contributed by atoms with van der Waals surface area (Å²) in [6.45, 7) is 3.74. The van der Waals surface area contributed by atoms with Crippen LogP contribution in [0.1, 0.15) is 18.4 Å². The number of fused-ring (bicyclic) bond motifs is 1. The summed E-state index contributed by atoms with van der Waals surface area (Å²) < 4.78 is 1.98. The molecule has 0 aliphatic heterocycles. The maximum atomic E-state index is 9.37. The maximum Gasteiger partial charge on any atom is 0.155 e. The minimum absolute atomic E-state index is 0.411. The first-order chi connectivity index (χ1) is 7.09. The highest BCUT2D eigenvalue weighted by Crippen LogP contribution is 2.20. The fourth-order valence-electron chi connectivity index (χ4n) is 1.74. The lowest BCUT2D eigenvalue weighted by molar-refractivity contribution is 0.192. The lowest BCUT2D eigenvalue weighted by Crippen LogP contribution is -2.08. The van der Waals surface area contributed by atoms with Crippen molar-refractivity contribution in [3.8, 4) is 0 Å². The van der Waals surface area contributed by atoms with Crippen LogP contribution in [-0.4, -0.2) is 20.6 Å². The zero-order chi connectivity index (χ0) is 11.0. The molecule has 0 radical (unpaired) electrons. The number of aryl methyl sites for hydroxylation is 1. The minimum atomic E-state index is -0.411. The first-order valence-corrected chi connectivity index (χ1v) is 5.28. The van der Waals surface area contributed by atoms with Crippen molar-refractivity contribution in [2.24, 2.45) is 0 Å². The summed E-state index contributed by atoms with van der Waals surface area (Å²) in [5.74, 6) is 0.808. The molecule has 0 amide bonds. The number of nitrogens with zero attached hydrogens (tertiary/aromatic N) is 2. The van der Waals surface area contributed by atoms with E-state index in [2.05, 4.69) is 4.98 Å². The van der Waals surface area contributed by atoms with E-state index in [1.807, 2.05) is 29.5 Å². The second kappa shape index (κ2) is 3.83. The summed E-state index contributed by atoms with van der Waals surface area (Å²) in [7, 11) is 0. The molecule has 2 heterocycles. The van der Waals surface area contributed by atoms with Gasteiger partial charge in [-0.05, 0) is 26.0 Å². The van der Waals surface area contributed by atoms with Gasteiger partial charge in [0.15, 0.2) is 5.15 Å². The van der Waals surface area contributed by atoms with E-state index in [-0.39, 0.29) is 0 Å². The van der Waals surface area contributed by atoms with Crippen LogP contribution in [0.2, 0.25) is 5.15 Å². The zero-order valence-electron chi connectivity index (χ0n) is 8.74. The van der Waals surface area contributed by atoms with Gasteiger partial charge in [-0.25, -0.2) is 4.98 Å². The monoisotopic (exact) mass is 224 g/mol. The Kier molecular flexibility index (Phi) is 2.67. The average Bonchev–Trinajstić information content (AvgIpc) is 2.44. The van der Waals surface area contributed by atoms with Gasteiger partial charge in [0.2, 0.25) is 0 Å². The third kappa shape index (κ3) is 1.85. The van der Waals surface area contributed by atoms with Crippen molar-refractivity contribution >= 4 is 17.1 Å². The summed E-state index contributed by atoms with van der Waals surface area (Å²) >= 11 is 6.02. The van der Waals surface area contributed by atoms with Gasteiger partial charge in [0, 0.05) is 12.1 Å². The standard InChI is InChI=1S/C11H13ClN2O/c1-7-4-3-5-9-11(12)13-10(14(7)9)6-8(2)15/h3-5,8,15H,6H2,1-2H3. The molecular weight excluding hydrogens is 212 g/mol. The molecule has 0 bridgehead atoms. The van der Waals surface area contributed by atoms with Crippen molar-refractivity contribution < 1.29 is 5.11 Å². The number of aromatic nitrogens is 2. The van der Waals surface area contributed by atoms with Gasteiger partial charge in [-0.1, -0.05) is 17.7 Å². The molecule has 0 aliphatic carbocycles. The van der Waals surface area contributed by atoms with Crippen molar-refractivity contribution in [1.29, 1.82) is 0 Å². The lowest BCUT2D eigenvalue weighted by Gasteiger charge is -2.05. The molecule has 0 aromatic carbocycles. The Hall–Kier alpha value is -1.06. The molecule has 80 valence electrons. The van der Waals surface area contributed by atoms with E-state index in [1.54, 1.807) is 6.92 Å². The number of hydrogen-bond acceptors (Lipinski definition) is 2. The van der Waals surface area contributed by atoms with Crippen molar-refractivity contribution in [3.05, 3.63) is 34.9 Å². The molecule has 4 heteroatoms. The quantitative estimate of drug-likeness (QED) is 0.850. The number of rotatable bonds is 2. The van der Waals surface area contributed by atoms with Crippen molar-refractivity contribution in [3.63, 3.8) is 0 Å². The Labute approximate surface area is 93.3 Å². The molecule has 1 atom stereocenters. The average molecular weight is 225 g/mol. The molecule has 0 saturated heterocycles. The Morgan fingerprint density at radius 2 is 2.27 bits per heavy atom. The van der Waals surface area contributed by atoms with E-state index in [0.717, 1.165) is 17.0 Å². The molecule has 0 aliphatic rings. The first kappa shape index (κ1) is 10.5. The topological polar surface area (TPSA) is 37.5 Å². The highest BCUT2D eigenvalue weighted by Gasteiger charge is 2.12. The van der Waals surface area contributed by atoms with Gasteiger partial charge < -0.3 is 5.11 Å². The fraction of sp³-hybridized carbons (Fsp3) is 0.364. The van der Waals surface area contributed by atoms with Crippen LogP contribution in [0, 0.1) is 6.92 Å². The van der Waals surface area contributed by atoms with Gasteiger partial charge in [0.05, 0.1) is 11.6 Å². The molecule has 0 saturated carbocycles. The molecule has 2 aromatic heterocycles. The van der Waals surface area contributed by atoms with Gasteiger partial charge in [0.25, 0.3) is 0 Å². The molecule has 2 aromatic rings. The van der Waals surface area contributed by atoms with Gasteiger partial charge in [-0.3, -0.25) is 4.40 Å². The third-order valence-electron chi connectivity index (χ3n) is 2.36. The summed E-state index contributed by atoms with van der Waals surface area (Å²) in [5, 5.41) is 9.86. The Morgan fingerprint density at radius 1 is 1.53 bits per heavy atom. The normalized spacial score (nSPS) is 13.3. The van der Waals surface area contributed by atoms with Crippen LogP contribution in [0.3, 0.4) is 0 Å². The van der Waals surface area contributed by atoms with Gasteiger partial charge in [-0.2, -0.15) is 0 Å². The highest BCUT2D eigenvalue weighted by molar-refractivity contribution is 6.32. The minimum Gasteiger partial charge on any atom is -0.393 e. The van der Waals surface area contributed by atoms with E-state index < -0.39 is 6.10 Å². The highest BCUT2D eigenvalue weighted by atomic mass is 35.5. The first-order valence-electron chi connectivity index (χ1n) is 4.90. The lowest BCUT2D eigenvalue weighted by atomic mass is 10.2. The predicted octanol–water partition coefficient (Wildman–Crippen LogP) is 2.22. The van der Waals surface area contributed by atoms with E-state index >= 15 is 0 Å². The van der Waals surface area contributed by atoms with Crippen LogP contribution in [-0.2, 0) is 6.42 Å². The Morgan fingerprint density at radius 3 is 2.93 bits per heavy atom. The van der Waals surface area contributed by atoms with E-state index in [9.17, 15) is 5.11 Å². The molecule has 15 heavy (non-hydrogen) atoms. The van der Waals surface area contributed by atoms with Crippen molar-refractivity contribution in [2.75, 3.05) is 0 Å². The summed E-state index contributed by atoms with van der Waals surface area (Å²) in [6.07, 6.45) is 0.102. The maximum absolute atomic E-state index is 9.37. The van der Waals surface area contributed by atoms with Crippen molar-refractivity contribution in [1.82, 2.24) is 9.38 Å². The second-order valence-electron chi connectivity index (χ2n) is 3.76. The second-order valence-corrected chi connectivity index (χ2v) is 4.12.